The molecule has 0 aliphatic rings. The number of alkyl halides is 3. The zero-order valence-corrected chi connectivity index (χ0v) is 13.3. The summed E-state index contributed by atoms with van der Waals surface area (Å²) in [5.41, 5.74) is 2.70. The summed E-state index contributed by atoms with van der Waals surface area (Å²) in [7, 11) is 1.61. The molecule has 1 N–H and O–H groups in total. The Bertz CT molecular complexity index is 923. The predicted molar refractivity (Wildman–Crippen MR) is 80.4 cm³/mol. The topological polar surface area (TPSA) is 81.9 Å². The summed E-state index contributed by atoms with van der Waals surface area (Å²) in [6, 6.07) is 3.50. The van der Waals surface area contributed by atoms with Crippen LogP contribution in [0.25, 0.3) is 21.6 Å². The van der Waals surface area contributed by atoms with Gasteiger partial charge in [0.1, 0.15) is 5.69 Å². The summed E-state index contributed by atoms with van der Waals surface area (Å²) in [4.78, 5) is 23.2. The molecular formula is C12H7ClF3N5O2S. The van der Waals surface area contributed by atoms with Crippen LogP contribution in [0.3, 0.4) is 0 Å². The number of aromatic nitrogens is 4. The van der Waals surface area contributed by atoms with Crippen LogP contribution >= 0.6 is 22.9 Å². The molecule has 0 aliphatic heterocycles. The van der Waals surface area contributed by atoms with Crippen LogP contribution in [0.1, 0.15) is 0 Å². The van der Waals surface area contributed by atoms with Crippen molar-refractivity contribution < 1.29 is 22.8 Å². The van der Waals surface area contributed by atoms with E-state index in [0.717, 1.165) is 4.88 Å². The third kappa shape index (κ3) is 3.12. The van der Waals surface area contributed by atoms with Gasteiger partial charge in [0.25, 0.3) is 5.95 Å². The quantitative estimate of drug-likeness (QED) is 0.706. The van der Waals surface area contributed by atoms with Gasteiger partial charge in [0, 0.05) is 13.2 Å². The average molecular weight is 378 g/mol. The van der Waals surface area contributed by atoms with Gasteiger partial charge in [0.15, 0.2) is 5.65 Å². The molecule has 3 aromatic heterocycles. The summed E-state index contributed by atoms with van der Waals surface area (Å²) in [6.45, 7) is 0. The van der Waals surface area contributed by atoms with Crippen molar-refractivity contribution >= 4 is 45.9 Å². The largest absolute Gasteiger partial charge is 0.493 e. The Morgan fingerprint density at radius 1 is 1.42 bits per heavy atom. The van der Waals surface area contributed by atoms with Crippen LogP contribution in [0, 0.1) is 0 Å². The number of carbonyl (C=O) groups is 1. The van der Waals surface area contributed by atoms with E-state index >= 15 is 0 Å². The molecule has 7 nitrogen and oxygen atoms in total. The van der Waals surface area contributed by atoms with Gasteiger partial charge in [-0.25, -0.2) is 14.5 Å². The van der Waals surface area contributed by atoms with Gasteiger partial charge in [0.05, 0.1) is 14.6 Å². The molecule has 0 saturated heterocycles. The second-order valence-electron chi connectivity index (χ2n) is 4.50. The van der Waals surface area contributed by atoms with Crippen LogP contribution in [0.5, 0.6) is 0 Å². The third-order valence-corrected chi connectivity index (χ3v) is 4.09. The van der Waals surface area contributed by atoms with E-state index in [1.54, 1.807) is 24.7 Å². The zero-order chi connectivity index (χ0) is 17.5. The normalized spacial score (nSPS) is 11.7. The molecule has 3 heterocycles. The number of thiophene rings is 1. The van der Waals surface area contributed by atoms with E-state index in [0.29, 0.717) is 21.1 Å². The lowest BCUT2D eigenvalue weighted by molar-refractivity contribution is -0.196. The molecule has 0 fully saturated rings. The van der Waals surface area contributed by atoms with Crippen molar-refractivity contribution in [1.29, 1.82) is 0 Å². The fraction of sp³-hybridized carbons (Fsp3) is 0.167. The monoisotopic (exact) mass is 377 g/mol. The summed E-state index contributed by atoms with van der Waals surface area (Å²) >= 11 is 7.22. The maximum atomic E-state index is 12.1. The van der Waals surface area contributed by atoms with Gasteiger partial charge in [-0.3, -0.25) is 0 Å². The average Bonchev–Trinajstić information content (AvgIpc) is 3.08. The highest BCUT2D eigenvalue weighted by Crippen LogP contribution is 2.34. The third-order valence-electron chi connectivity index (χ3n) is 2.85. The molecule has 0 bridgehead atoms. The molecule has 3 aromatic rings. The Balaban J connectivity index is 1.90. The van der Waals surface area contributed by atoms with Crippen molar-refractivity contribution in [2.24, 2.45) is 7.05 Å². The molecule has 0 spiro atoms. The number of nitrogens with zero attached hydrogens (tertiary/aromatic N) is 4. The number of anilines is 1. The fourth-order valence-electron chi connectivity index (χ4n) is 1.86. The summed E-state index contributed by atoms with van der Waals surface area (Å²) < 4.78 is 38.3. The van der Waals surface area contributed by atoms with Gasteiger partial charge in [-0.15, -0.1) is 11.3 Å². The number of hydrogen-bond acceptors (Lipinski definition) is 7. The highest BCUT2D eigenvalue weighted by atomic mass is 35.5. The van der Waals surface area contributed by atoms with Gasteiger partial charge < -0.3 is 4.84 Å². The molecule has 0 atom stereocenters. The van der Waals surface area contributed by atoms with E-state index in [9.17, 15) is 18.0 Å². The zero-order valence-electron chi connectivity index (χ0n) is 11.8. The Hall–Kier alpha value is -2.40. The number of fused-ring (bicyclic) bond motifs is 1. The molecule has 12 heteroatoms. The number of rotatable bonds is 3. The van der Waals surface area contributed by atoms with Crippen molar-refractivity contribution in [1.82, 2.24) is 19.7 Å². The lowest BCUT2D eigenvalue weighted by Crippen LogP contribution is -2.27. The second kappa shape index (κ2) is 5.91. The first-order valence-electron chi connectivity index (χ1n) is 6.25. The maximum Gasteiger partial charge on any atom is 0.493 e. The SMILES string of the molecule is Cn1nc(-c2ccc(Cl)s2)c2cnc(NOC(=O)C(F)(F)F)nc21. The summed E-state index contributed by atoms with van der Waals surface area (Å²) in [6.07, 6.45) is -3.75. The van der Waals surface area contributed by atoms with E-state index in [2.05, 4.69) is 19.9 Å². The smallest absolute Gasteiger partial charge is 0.332 e. The lowest BCUT2D eigenvalue weighted by Gasteiger charge is -2.07. The van der Waals surface area contributed by atoms with Crippen LogP contribution in [-0.4, -0.2) is 31.9 Å². The van der Waals surface area contributed by atoms with Crippen LogP contribution < -0.4 is 5.48 Å². The van der Waals surface area contributed by atoms with Crippen LogP contribution in [0.4, 0.5) is 19.1 Å². The molecule has 0 aromatic carbocycles. The van der Waals surface area contributed by atoms with Crippen LogP contribution in [-0.2, 0) is 16.7 Å². The van der Waals surface area contributed by atoms with Crippen molar-refractivity contribution in [3.8, 4) is 10.6 Å². The molecule has 0 saturated carbocycles. The molecule has 126 valence electrons. The lowest BCUT2D eigenvalue weighted by atomic mass is 10.2. The van der Waals surface area contributed by atoms with Gasteiger partial charge in [-0.1, -0.05) is 11.6 Å². The first kappa shape index (κ1) is 16.5. The first-order valence-corrected chi connectivity index (χ1v) is 7.44. The van der Waals surface area contributed by atoms with Gasteiger partial charge in [-0.2, -0.15) is 28.7 Å². The highest BCUT2D eigenvalue weighted by molar-refractivity contribution is 7.19. The van der Waals surface area contributed by atoms with Crippen molar-refractivity contribution in [2.45, 2.75) is 6.18 Å². The van der Waals surface area contributed by atoms with Gasteiger partial charge in [-0.05, 0) is 12.1 Å². The van der Waals surface area contributed by atoms with E-state index in [-0.39, 0.29) is 5.95 Å². The molecule has 0 unspecified atom stereocenters. The first-order chi connectivity index (χ1) is 11.3. The van der Waals surface area contributed by atoms with Crippen molar-refractivity contribution in [3.05, 3.63) is 22.7 Å². The Labute approximate surface area is 141 Å². The molecule has 3 rings (SSSR count). The van der Waals surface area contributed by atoms with Crippen LogP contribution in [0.15, 0.2) is 18.3 Å². The highest BCUT2D eigenvalue weighted by Gasteiger charge is 2.41. The number of hydrogen-bond donors (Lipinski definition) is 1. The minimum atomic E-state index is -5.12. The van der Waals surface area contributed by atoms with E-state index in [1.807, 2.05) is 0 Å². The minimum Gasteiger partial charge on any atom is -0.332 e. The van der Waals surface area contributed by atoms with E-state index in [1.165, 1.54) is 22.2 Å². The maximum absolute atomic E-state index is 12.1. The fourth-order valence-corrected chi connectivity index (χ4v) is 2.90. The molecule has 0 aliphatic carbocycles. The Morgan fingerprint density at radius 2 is 2.17 bits per heavy atom. The van der Waals surface area contributed by atoms with Crippen molar-refractivity contribution in [3.63, 3.8) is 0 Å². The minimum absolute atomic E-state index is 0.307. The molecular weight excluding hydrogens is 371 g/mol. The Kier molecular flexibility index (Phi) is 4.05. The second-order valence-corrected chi connectivity index (χ2v) is 6.21. The number of aryl methyl sites for hydroxylation is 1. The molecule has 0 radical (unpaired) electrons. The summed E-state index contributed by atoms with van der Waals surface area (Å²) in [5, 5.41) is 4.87. The van der Waals surface area contributed by atoms with Gasteiger partial charge >= 0.3 is 12.1 Å². The number of nitrogens with one attached hydrogen (secondary N) is 1. The number of halogens is 4. The number of carbonyl (C=O) groups excluding carboxylic acids is 1. The van der Waals surface area contributed by atoms with Crippen LogP contribution in [0.2, 0.25) is 4.34 Å². The standard InChI is InChI=1S/C12H7ClF3N5O2S/c1-21-9-5(8(19-21)6-2-3-7(13)24-6)4-17-11(18-9)20-23-10(22)12(14,15)16/h2-4H,1H3,(H,17,18,20). The van der Waals surface area contributed by atoms with Crippen molar-refractivity contribution in [2.75, 3.05) is 5.48 Å². The molecule has 24 heavy (non-hydrogen) atoms. The van der Waals surface area contributed by atoms with Gasteiger partial charge in [0.2, 0.25) is 0 Å². The molecule has 0 amide bonds. The predicted octanol–water partition coefficient (Wildman–Crippen LogP) is 3.18. The van der Waals surface area contributed by atoms with E-state index in [4.69, 9.17) is 11.6 Å². The summed E-state index contributed by atoms with van der Waals surface area (Å²) in [5.74, 6) is -2.70. The van der Waals surface area contributed by atoms with E-state index < -0.39 is 12.1 Å². The Morgan fingerprint density at radius 3 is 2.79 bits per heavy atom.